The van der Waals surface area contributed by atoms with E-state index >= 15 is 0 Å². The molecule has 184 valence electrons. The number of hydrogen-bond donors (Lipinski definition) is 4. The van der Waals surface area contributed by atoms with Crippen LogP contribution in [0.4, 0.5) is 4.79 Å². The van der Waals surface area contributed by atoms with Crippen molar-refractivity contribution in [2.75, 3.05) is 6.61 Å². The average Bonchev–Trinajstić information content (AvgIpc) is 3.03. The fourth-order valence-corrected chi connectivity index (χ4v) is 3.96. The highest BCUT2D eigenvalue weighted by Crippen LogP contribution is 2.35. The number of rotatable bonds is 9. The summed E-state index contributed by atoms with van der Waals surface area (Å²) in [5, 5.41) is 21.2. The van der Waals surface area contributed by atoms with Gasteiger partial charge in [0, 0.05) is 12.5 Å². The zero-order valence-corrected chi connectivity index (χ0v) is 19.6. The van der Waals surface area contributed by atoms with Crippen molar-refractivity contribution in [3.05, 3.63) is 65.2 Å². The molecule has 0 bridgehead atoms. The smallest absolute Gasteiger partial charge is 0.344 e. The quantitative estimate of drug-likeness (QED) is 0.242. The van der Waals surface area contributed by atoms with Crippen molar-refractivity contribution in [3.63, 3.8) is 0 Å². The number of amidine groups is 1. The van der Waals surface area contributed by atoms with Gasteiger partial charge in [-0.25, -0.2) is 9.80 Å². The van der Waals surface area contributed by atoms with Crippen LogP contribution in [0, 0.1) is 5.41 Å². The predicted octanol–water partition coefficient (Wildman–Crippen LogP) is 2.12. The number of imide groups is 1. The first kappa shape index (κ1) is 25.2. The Labute approximate surface area is 201 Å². The van der Waals surface area contributed by atoms with E-state index in [2.05, 4.69) is 5.32 Å². The van der Waals surface area contributed by atoms with Gasteiger partial charge in [-0.05, 0) is 37.1 Å². The van der Waals surface area contributed by atoms with E-state index in [-0.39, 0.29) is 5.84 Å². The summed E-state index contributed by atoms with van der Waals surface area (Å²) in [5.41, 5.74) is 5.20. The van der Waals surface area contributed by atoms with E-state index in [4.69, 9.17) is 15.9 Å². The number of nitrogens with one attached hydrogen (secondary N) is 2. The molecule has 11 nitrogen and oxygen atoms in total. The number of benzene rings is 2. The molecule has 1 saturated heterocycles. The Kier molecular flexibility index (Phi) is 7.09. The topological polar surface area (TPSA) is 166 Å². The van der Waals surface area contributed by atoms with Gasteiger partial charge in [-0.3, -0.25) is 19.8 Å². The largest absolute Gasteiger partial charge is 0.494 e. The molecule has 0 radical (unpaired) electrons. The predicted molar refractivity (Wildman–Crippen MR) is 125 cm³/mol. The second kappa shape index (κ2) is 9.84. The number of ether oxygens (including phenoxy) is 1. The Morgan fingerprint density at radius 3 is 2.26 bits per heavy atom. The van der Waals surface area contributed by atoms with Crippen LogP contribution in [-0.2, 0) is 19.9 Å². The molecular weight excluding hydrogens is 454 g/mol. The standard InChI is InChI=1S/C24H27N5O6/c1-4-35-18-11-7-15(8-12-18)19(13-20(31)32)28(14(2)30)29-22(33)24(3,27-23(29)34)17-9-5-16(6-10-17)21(25)26/h5-12,19H,4,13H2,1-3H3,(H3,25,26)(H,27,34)(H,31,32). The van der Waals surface area contributed by atoms with Crippen molar-refractivity contribution >= 4 is 29.7 Å². The lowest BCUT2D eigenvalue weighted by Gasteiger charge is -2.35. The van der Waals surface area contributed by atoms with Crippen LogP contribution in [0.5, 0.6) is 5.75 Å². The first-order valence-electron chi connectivity index (χ1n) is 10.9. The van der Waals surface area contributed by atoms with Gasteiger partial charge in [-0.2, -0.15) is 5.01 Å². The molecule has 2 aromatic carbocycles. The molecule has 3 rings (SSSR count). The van der Waals surface area contributed by atoms with Gasteiger partial charge >= 0.3 is 12.0 Å². The molecule has 5 N–H and O–H groups in total. The van der Waals surface area contributed by atoms with E-state index in [0.29, 0.717) is 34.1 Å². The maximum Gasteiger partial charge on any atom is 0.344 e. The lowest BCUT2D eigenvalue weighted by atomic mass is 9.91. The highest BCUT2D eigenvalue weighted by Gasteiger charge is 2.53. The fraction of sp³-hybridized carbons (Fsp3) is 0.292. The molecule has 2 aromatic rings. The Bertz CT molecular complexity index is 1160. The second-order valence-corrected chi connectivity index (χ2v) is 8.14. The maximum absolute atomic E-state index is 13.6. The van der Waals surface area contributed by atoms with Gasteiger partial charge in [0.05, 0.1) is 19.1 Å². The van der Waals surface area contributed by atoms with Gasteiger partial charge in [0.2, 0.25) is 5.91 Å². The number of aliphatic carboxylic acids is 1. The molecule has 0 saturated carbocycles. The number of carboxylic acids is 1. The summed E-state index contributed by atoms with van der Waals surface area (Å²) in [6.07, 6.45) is -0.547. The van der Waals surface area contributed by atoms with Crippen LogP contribution in [0.2, 0.25) is 0 Å². The SMILES string of the molecule is CCOc1ccc(C(CC(=O)O)N(C(C)=O)N2C(=O)NC(C)(c3ccc(C(=N)N)cc3)C2=O)cc1. The van der Waals surface area contributed by atoms with Gasteiger partial charge in [-0.1, -0.05) is 36.4 Å². The monoisotopic (exact) mass is 481 g/mol. The number of urea groups is 1. The Hall–Kier alpha value is -4.41. The van der Waals surface area contributed by atoms with Gasteiger partial charge < -0.3 is 20.9 Å². The summed E-state index contributed by atoms with van der Waals surface area (Å²) in [6.45, 7) is 4.89. The molecule has 1 aliphatic heterocycles. The minimum Gasteiger partial charge on any atom is -0.494 e. The highest BCUT2D eigenvalue weighted by atomic mass is 16.5. The number of hydrazine groups is 1. The molecule has 0 aromatic heterocycles. The minimum absolute atomic E-state index is 0.153. The number of nitrogens with zero attached hydrogens (tertiary/aromatic N) is 2. The van der Waals surface area contributed by atoms with Crippen LogP contribution < -0.4 is 15.8 Å². The van der Waals surface area contributed by atoms with Gasteiger partial charge in [0.15, 0.2) is 0 Å². The third-order valence-electron chi connectivity index (χ3n) is 5.72. The number of nitrogen functional groups attached to an aromatic ring is 1. The van der Waals surface area contributed by atoms with E-state index in [0.717, 1.165) is 11.9 Å². The number of hydrogen-bond acceptors (Lipinski definition) is 6. The van der Waals surface area contributed by atoms with Crippen LogP contribution >= 0.6 is 0 Å². The Morgan fingerprint density at radius 1 is 1.17 bits per heavy atom. The summed E-state index contributed by atoms with van der Waals surface area (Å²) in [5.74, 6) is -2.26. The summed E-state index contributed by atoms with van der Waals surface area (Å²) < 4.78 is 5.42. The third-order valence-corrected chi connectivity index (χ3v) is 5.72. The third kappa shape index (κ3) is 4.93. The summed E-state index contributed by atoms with van der Waals surface area (Å²) in [7, 11) is 0. The van der Waals surface area contributed by atoms with E-state index in [1.807, 2.05) is 6.92 Å². The first-order chi connectivity index (χ1) is 16.5. The van der Waals surface area contributed by atoms with Crippen molar-refractivity contribution in [2.24, 2.45) is 5.73 Å². The molecule has 2 unspecified atom stereocenters. The molecule has 0 aliphatic carbocycles. The minimum atomic E-state index is -1.54. The van der Waals surface area contributed by atoms with Crippen LogP contribution in [0.1, 0.15) is 49.9 Å². The molecule has 35 heavy (non-hydrogen) atoms. The van der Waals surface area contributed by atoms with E-state index in [1.165, 1.54) is 6.92 Å². The van der Waals surface area contributed by atoms with Crippen LogP contribution in [0.15, 0.2) is 48.5 Å². The number of carboxylic acid groups (broad SMARTS) is 1. The van der Waals surface area contributed by atoms with E-state index < -0.39 is 41.8 Å². The van der Waals surface area contributed by atoms with Crippen molar-refractivity contribution < 1.29 is 29.0 Å². The summed E-state index contributed by atoms with van der Waals surface area (Å²) in [4.78, 5) is 51.1. The molecule has 1 heterocycles. The lowest BCUT2D eigenvalue weighted by molar-refractivity contribution is -0.162. The molecule has 1 fully saturated rings. The van der Waals surface area contributed by atoms with E-state index in [9.17, 15) is 24.3 Å². The van der Waals surface area contributed by atoms with Gasteiger partial charge in [0.25, 0.3) is 5.91 Å². The van der Waals surface area contributed by atoms with Crippen molar-refractivity contribution in [2.45, 2.75) is 38.8 Å². The van der Waals surface area contributed by atoms with Gasteiger partial charge in [-0.15, -0.1) is 0 Å². The molecule has 11 heteroatoms. The molecular formula is C24H27N5O6. The van der Waals surface area contributed by atoms with Crippen LogP contribution in [0.3, 0.4) is 0 Å². The fourth-order valence-electron chi connectivity index (χ4n) is 3.96. The van der Waals surface area contributed by atoms with Crippen LogP contribution in [-0.4, -0.2) is 51.4 Å². The Morgan fingerprint density at radius 2 is 1.77 bits per heavy atom. The number of amides is 4. The van der Waals surface area contributed by atoms with E-state index in [1.54, 1.807) is 48.5 Å². The lowest BCUT2D eigenvalue weighted by Crippen LogP contribution is -2.52. The van der Waals surface area contributed by atoms with Crippen molar-refractivity contribution in [3.8, 4) is 5.75 Å². The first-order valence-corrected chi connectivity index (χ1v) is 10.9. The maximum atomic E-state index is 13.6. The molecule has 0 spiro atoms. The number of carbonyl (C=O) groups excluding carboxylic acids is 3. The summed E-state index contributed by atoms with van der Waals surface area (Å²) in [6, 6.07) is 10.6. The normalized spacial score (nSPS) is 18.1. The number of nitrogens with two attached hydrogens (primary N) is 1. The number of carbonyl (C=O) groups is 4. The van der Waals surface area contributed by atoms with Gasteiger partial charge in [0.1, 0.15) is 17.1 Å². The molecule has 1 aliphatic rings. The average molecular weight is 482 g/mol. The van der Waals surface area contributed by atoms with Crippen LogP contribution in [0.25, 0.3) is 0 Å². The second-order valence-electron chi connectivity index (χ2n) is 8.14. The summed E-state index contributed by atoms with van der Waals surface area (Å²) >= 11 is 0. The van der Waals surface area contributed by atoms with Crippen molar-refractivity contribution in [1.29, 1.82) is 5.41 Å². The van der Waals surface area contributed by atoms with Crippen molar-refractivity contribution in [1.82, 2.24) is 15.3 Å². The Balaban J connectivity index is 2.02. The zero-order chi connectivity index (χ0) is 25.9. The molecule has 4 amide bonds. The molecule has 2 atom stereocenters. The zero-order valence-electron chi connectivity index (χ0n) is 19.6. The highest BCUT2D eigenvalue weighted by molar-refractivity contribution is 6.08.